The maximum absolute atomic E-state index is 12.6. The van der Waals surface area contributed by atoms with E-state index in [0.29, 0.717) is 5.56 Å². The lowest BCUT2D eigenvalue weighted by Gasteiger charge is -2.31. The molecule has 0 saturated carbocycles. The summed E-state index contributed by atoms with van der Waals surface area (Å²) in [5.74, 6) is -0.182. The molecule has 1 saturated heterocycles. The summed E-state index contributed by atoms with van der Waals surface area (Å²) < 4.78 is 12.1. The smallest absolute Gasteiger partial charge is 0.437 e. The van der Waals surface area contributed by atoms with E-state index in [1.807, 2.05) is 6.07 Å². The van der Waals surface area contributed by atoms with Crippen LogP contribution in [-0.2, 0) is 6.42 Å². The molecule has 0 bridgehead atoms. The molecule has 3 aromatic rings. The topological polar surface area (TPSA) is 110 Å². The molecule has 1 amide bonds. The van der Waals surface area contributed by atoms with Crippen LogP contribution in [0.1, 0.15) is 24.4 Å². The highest BCUT2D eigenvalue weighted by Gasteiger charge is 2.26. The number of carbonyl (C=O) groups is 1. The lowest BCUT2D eigenvalue weighted by molar-refractivity contribution is 0.177. The standard InChI is InChI=1S/C23H25ClN4O5/c1-32-20-14-19(25-22(29)30)18(24)13-17(20)21-26-28(23(31)33-21)16-8-11-27(12-9-16)10-7-15-5-3-2-4-6-15/h2-6,13-14,16,25H,7-12H2,1H3,(H,29,30). The monoisotopic (exact) mass is 472 g/mol. The van der Waals surface area contributed by atoms with Gasteiger partial charge in [-0.1, -0.05) is 41.9 Å². The Morgan fingerprint density at radius 2 is 2.00 bits per heavy atom. The van der Waals surface area contributed by atoms with Crippen molar-refractivity contribution in [3.63, 3.8) is 0 Å². The maximum atomic E-state index is 12.6. The molecule has 2 N–H and O–H groups in total. The molecule has 1 aliphatic rings. The minimum absolute atomic E-state index is 0.0580. The third kappa shape index (κ3) is 5.37. The number of benzene rings is 2. The maximum Gasteiger partial charge on any atom is 0.437 e. The Bertz CT molecular complexity index is 1170. The number of nitrogens with one attached hydrogen (secondary N) is 1. The second-order valence-electron chi connectivity index (χ2n) is 7.89. The first-order valence-corrected chi connectivity index (χ1v) is 11.1. The van der Waals surface area contributed by atoms with Crippen molar-refractivity contribution in [1.29, 1.82) is 0 Å². The van der Waals surface area contributed by atoms with E-state index in [9.17, 15) is 9.59 Å². The molecular formula is C23H25ClN4O5. The average molecular weight is 473 g/mol. The summed E-state index contributed by atoms with van der Waals surface area (Å²) in [5, 5.41) is 15.7. The largest absolute Gasteiger partial charge is 0.496 e. The van der Waals surface area contributed by atoms with Crippen molar-refractivity contribution < 1.29 is 19.1 Å². The average Bonchev–Trinajstić information content (AvgIpc) is 3.21. The molecule has 0 radical (unpaired) electrons. The van der Waals surface area contributed by atoms with Crippen LogP contribution in [-0.4, -0.2) is 52.6 Å². The zero-order valence-corrected chi connectivity index (χ0v) is 18.9. The van der Waals surface area contributed by atoms with Gasteiger partial charge in [0, 0.05) is 25.7 Å². The summed E-state index contributed by atoms with van der Waals surface area (Å²) in [4.78, 5) is 25.9. The van der Waals surface area contributed by atoms with Gasteiger partial charge in [0.2, 0.25) is 0 Å². The summed E-state index contributed by atoms with van der Waals surface area (Å²) in [6, 6.07) is 13.2. The minimum Gasteiger partial charge on any atom is -0.496 e. The second-order valence-corrected chi connectivity index (χ2v) is 8.30. The van der Waals surface area contributed by atoms with Crippen molar-refractivity contribution in [3.05, 3.63) is 63.6 Å². The number of methoxy groups -OCH3 is 1. The van der Waals surface area contributed by atoms with Crippen LogP contribution in [0.5, 0.6) is 5.75 Å². The van der Waals surface area contributed by atoms with Gasteiger partial charge in [-0.3, -0.25) is 5.32 Å². The Morgan fingerprint density at radius 1 is 1.27 bits per heavy atom. The highest BCUT2D eigenvalue weighted by molar-refractivity contribution is 6.34. The van der Waals surface area contributed by atoms with Crippen molar-refractivity contribution in [3.8, 4) is 17.2 Å². The summed E-state index contributed by atoms with van der Waals surface area (Å²) in [5.41, 5.74) is 1.85. The van der Waals surface area contributed by atoms with Gasteiger partial charge in [-0.2, -0.15) is 4.68 Å². The van der Waals surface area contributed by atoms with E-state index < -0.39 is 11.8 Å². The van der Waals surface area contributed by atoms with Gasteiger partial charge in [0.15, 0.2) is 0 Å². The van der Waals surface area contributed by atoms with Crippen LogP contribution >= 0.6 is 11.6 Å². The number of ether oxygens (including phenoxy) is 1. The number of amides is 1. The predicted octanol–water partition coefficient (Wildman–Crippen LogP) is 4.13. The van der Waals surface area contributed by atoms with Gasteiger partial charge >= 0.3 is 11.8 Å². The van der Waals surface area contributed by atoms with Crippen molar-refractivity contribution >= 4 is 23.4 Å². The van der Waals surface area contributed by atoms with Gasteiger partial charge in [0.25, 0.3) is 5.89 Å². The van der Waals surface area contributed by atoms with Crippen molar-refractivity contribution in [2.45, 2.75) is 25.3 Å². The molecule has 1 aliphatic heterocycles. The van der Waals surface area contributed by atoms with Gasteiger partial charge in [-0.25, -0.2) is 9.59 Å². The first kappa shape index (κ1) is 22.9. The van der Waals surface area contributed by atoms with Crippen LogP contribution in [0.4, 0.5) is 10.5 Å². The Hall–Kier alpha value is -3.30. The number of carboxylic acid groups (broad SMARTS) is 1. The number of anilines is 1. The van der Waals surface area contributed by atoms with Crippen molar-refractivity contribution in [1.82, 2.24) is 14.7 Å². The molecule has 174 valence electrons. The number of halogens is 1. The summed E-state index contributed by atoms with van der Waals surface area (Å²) in [6.07, 6.45) is 1.32. The third-order valence-corrected chi connectivity index (χ3v) is 6.11. The fraction of sp³-hybridized carbons (Fsp3) is 0.348. The molecular weight excluding hydrogens is 448 g/mol. The molecule has 1 fully saturated rings. The number of likely N-dealkylation sites (tertiary alicyclic amines) is 1. The third-order valence-electron chi connectivity index (χ3n) is 5.79. The van der Waals surface area contributed by atoms with Crippen LogP contribution in [0.15, 0.2) is 51.7 Å². The van der Waals surface area contributed by atoms with Gasteiger partial charge in [-0.15, -0.1) is 5.10 Å². The van der Waals surface area contributed by atoms with E-state index in [-0.39, 0.29) is 28.4 Å². The molecule has 0 spiro atoms. The molecule has 9 nitrogen and oxygen atoms in total. The first-order valence-electron chi connectivity index (χ1n) is 10.7. The summed E-state index contributed by atoms with van der Waals surface area (Å²) in [6.45, 7) is 2.72. The molecule has 0 unspecified atom stereocenters. The van der Waals surface area contributed by atoms with Crippen LogP contribution in [0.2, 0.25) is 5.02 Å². The quantitative estimate of drug-likeness (QED) is 0.531. The number of hydrogen-bond donors (Lipinski definition) is 2. The highest BCUT2D eigenvalue weighted by atomic mass is 35.5. The van der Waals surface area contributed by atoms with Gasteiger partial charge < -0.3 is 19.2 Å². The molecule has 0 aliphatic carbocycles. The Kier molecular flexibility index (Phi) is 7.00. The molecule has 2 heterocycles. The minimum atomic E-state index is -1.25. The molecule has 0 atom stereocenters. The van der Waals surface area contributed by atoms with Crippen molar-refractivity contribution in [2.75, 3.05) is 32.1 Å². The van der Waals surface area contributed by atoms with Crippen LogP contribution in [0.25, 0.3) is 11.5 Å². The van der Waals surface area contributed by atoms with E-state index in [1.54, 1.807) is 0 Å². The van der Waals surface area contributed by atoms with Gasteiger partial charge in [0.05, 0.1) is 29.4 Å². The number of hydrogen-bond acceptors (Lipinski definition) is 6. The summed E-state index contributed by atoms with van der Waals surface area (Å²) in [7, 11) is 1.43. The number of nitrogens with zero attached hydrogens (tertiary/aromatic N) is 3. The lowest BCUT2D eigenvalue weighted by Crippen LogP contribution is -2.38. The van der Waals surface area contributed by atoms with Crippen LogP contribution < -0.4 is 15.8 Å². The molecule has 33 heavy (non-hydrogen) atoms. The van der Waals surface area contributed by atoms with Crippen molar-refractivity contribution in [2.24, 2.45) is 0 Å². The SMILES string of the molecule is COc1cc(NC(=O)O)c(Cl)cc1-c1nn(C2CCN(CCc3ccccc3)CC2)c(=O)o1. The van der Waals surface area contributed by atoms with E-state index >= 15 is 0 Å². The number of rotatable bonds is 7. The molecule has 4 rings (SSSR count). The zero-order chi connectivity index (χ0) is 23.4. The highest BCUT2D eigenvalue weighted by Crippen LogP contribution is 2.36. The Morgan fingerprint density at radius 3 is 2.67 bits per heavy atom. The first-order chi connectivity index (χ1) is 15.9. The molecule has 2 aromatic carbocycles. The normalized spacial score (nSPS) is 14.8. The summed E-state index contributed by atoms with van der Waals surface area (Å²) >= 11 is 6.20. The van der Waals surface area contributed by atoms with Crippen LogP contribution in [0, 0.1) is 0 Å². The molecule has 10 heteroatoms. The van der Waals surface area contributed by atoms with Gasteiger partial charge in [-0.05, 0) is 30.9 Å². The second kappa shape index (κ2) is 10.1. The zero-order valence-electron chi connectivity index (χ0n) is 18.2. The number of piperidine rings is 1. The van der Waals surface area contributed by atoms with E-state index in [4.69, 9.17) is 25.9 Å². The van der Waals surface area contributed by atoms with Crippen LogP contribution in [0.3, 0.4) is 0 Å². The van der Waals surface area contributed by atoms with E-state index in [0.717, 1.165) is 38.9 Å². The predicted molar refractivity (Wildman–Crippen MR) is 124 cm³/mol. The number of aromatic nitrogens is 2. The van der Waals surface area contributed by atoms with E-state index in [1.165, 1.54) is 29.5 Å². The van der Waals surface area contributed by atoms with Gasteiger partial charge in [0.1, 0.15) is 5.75 Å². The Balaban J connectivity index is 1.45. The molecule has 1 aromatic heterocycles. The Labute approximate surface area is 195 Å². The lowest BCUT2D eigenvalue weighted by atomic mass is 10.0. The van der Waals surface area contributed by atoms with E-state index in [2.05, 4.69) is 39.6 Å². The fourth-order valence-corrected chi connectivity index (χ4v) is 4.26. The fourth-order valence-electron chi connectivity index (χ4n) is 4.05.